The molecule has 2 aliphatic heterocycles. The van der Waals surface area contributed by atoms with Crippen molar-refractivity contribution in [2.24, 2.45) is 0 Å². The van der Waals surface area contributed by atoms with Gasteiger partial charge < -0.3 is 10.2 Å². The van der Waals surface area contributed by atoms with Crippen LogP contribution in [0.1, 0.15) is 43.4 Å². The number of benzene rings is 1. The van der Waals surface area contributed by atoms with E-state index in [9.17, 15) is 9.59 Å². The average Bonchev–Trinajstić information content (AvgIpc) is 2.62. The first-order valence-electron chi connectivity index (χ1n) is 7.71. The van der Waals surface area contributed by atoms with Gasteiger partial charge in [-0.15, -0.1) is 0 Å². The summed E-state index contributed by atoms with van der Waals surface area (Å²) in [6.45, 7) is 1.60. The van der Waals surface area contributed by atoms with Crippen LogP contribution in [0.3, 0.4) is 0 Å². The summed E-state index contributed by atoms with van der Waals surface area (Å²) in [7, 11) is 1.82. The number of nitrogens with zero attached hydrogens (tertiary/aromatic N) is 1. The fourth-order valence-electron chi connectivity index (χ4n) is 3.77. The Bertz CT molecular complexity index is 570. The molecule has 2 aliphatic rings. The van der Waals surface area contributed by atoms with Gasteiger partial charge in [0.25, 0.3) is 0 Å². The summed E-state index contributed by atoms with van der Waals surface area (Å²) in [4.78, 5) is 26.8. The molecule has 1 amide bonds. The second-order valence-electron chi connectivity index (χ2n) is 6.06. The Morgan fingerprint density at radius 1 is 1.29 bits per heavy atom. The van der Waals surface area contributed by atoms with Crippen LogP contribution in [0.25, 0.3) is 0 Å². The molecule has 112 valence electrons. The van der Waals surface area contributed by atoms with Crippen LogP contribution in [-0.2, 0) is 16.0 Å². The minimum absolute atomic E-state index is 0.0506. The third kappa shape index (κ3) is 2.38. The fraction of sp³-hybridized carbons (Fsp3) is 0.529. The van der Waals surface area contributed by atoms with Crippen molar-refractivity contribution in [2.45, 2.75) is 50.7 Å². The number of hydrogen-bond acceptors (Lipinski definition) is 3. The fourth-order valence-corrected chi connectivity index (χ4v) is 3.77. The molecule has 0 saturated carbocycles. The topological polar surface area (TPSA) is 49.4 Å². The number of amides is 1. The molecule has 21 heavy (non-hydrogen) atoms. The van der Waals surface area contributed by atoms with Gasteiger partial charge >= 0.3 is 0 Å². The number of rotatable bonds is 2. The van der Waals surface area contributed by atoms with Gasteiger partial charge in [0.1, 0.15) is 0 Å². The Morgan fingerprint density at radius 2 is 2.05 bits per heavy atom. The van der Waals surface area contributed by atoms with Crippen LogP contribution < -0.4 is 5.32 Å². The molecule has 3 unspecified atom stereocenters. The number of nitrogens with one attached hydrogen (secondary N) is 1. The number of fused-ring (bicyclic) bond motifs is 3. The van der Waals surface area contributed by atoms with Crippen LogP contribution in [0.2, 0.25) is 0 Å². The zero-order chi connectivity index (χ0) is 15.0. The lowest BCUT2D eigenvalue weighted by atomic mass is 9.88. The number of carbonyl (C=O) groups is 2. The highest BCUT2D eigenvalue weighted by Gasteiger charge is 2.42. The molecule has 1 saturated heterocycles. The Labute approximate surface area is 125 Å². The van der Waals surface area contributed by atoms with Crippen LogP contribution in [0.5, 0.6) is 0 Å². The molecule has 3 atom stereocenters. The van der Waals surface area contributed by atoms with Gasteiger partial charge in [0, 0.05) is 0 Å². The molecule has 1 aromatic carbocycles. The molecule has 1 aromatic rings. The predicted molar refractivity (Wildman–Crippen MR) is 80.9 cm³/mol. The molecule has 3 rings (SSSR count). The molecule has 0 bridgehead atoms. The summed E-state index contributed by atoms with van der Waals surface area (Å²) >= 11 is 0. The van der Waals surface area contributed by atoms with Gasteiger partial charge in [0.2, 0.25) is 5.91 Å². The van der Waals surface area contributed by atoms with E-state index in [1.807, 2.05) is 24.1 Å². The number of hydrogen-bond donors (Lipinski definition) is 1. The smallest absolute Gasteiger partial charge is 0.241 e. The van der Waals surface area contributed by atoms with E-state index in [-0.39, 0.29) is 29.8 Å². The van der Waals surface area contributed by atoms with Gasteiger partial charge in [-0.05, 0) is 50.8 Å². The SMILES string of the molecule is CNC1Cc2ccccc2C2CCCC(C(C)=O)N2C1=O. The first-order chi connectivity index (χ1) is 10.1. The summed E-state index contributed by atoms with van der Waals surface area (Å²) in [6, 6.07) is 7.81. The van der Waals surface area contributed by atoms with E-state index in [2.05, 4.69) is 17.4 Å². The van der Waals surface area contributed by atoms with Gasteiger partial charge in [-0.3, -0.25) is 9.59 Å². The Hall–Kier alpha value is -1.68. The maximum atomic E-state index is 12.9. The number of carbonyl (C=O) groups excluding carboxylic acids is 2. The van der Waals surface area contributed by atoms with E-state index >= 15 is 0 Å². The maximum absolute atomic E-state index is 12.9. The van der Waals surface area contributed by atoms with Crippen molar-refractivity contribution in [2.75, 3.05) is 7.05 Å². The van der Waals surface area contributed by atoms with Crippen molar-refractivity contribution in [3.8, 4) is 0 Å². The lowest BCUT2D eigenvalue weighted by molar-refractivity contribution is -0.145. The molecule has 2 heterocycles. The molecule has 0 spiro atoms. The highest BCUT2D eigenvalue weighted by atomic mass is 16.2. The molecular formula is C17H22N2O2. The highest BCUT2D eigenvalue weighted by molar-refractivity contribution is 5.91. The molecule has 4 nitrogen and oxygen atoms in total. The van der Waals surface area contributed by atoms with E-state index in [0.29, 0.717) is 6.42 Å². The van der Waals surface area contributed by atoms with E-state index in [0.717, 1.165) is 19.3 Å². The van der Waals surface area contributed by atoms with Crippen molar-refractivity contribution in [3.63, 3.8) is 0 Å². The molecular weight excluding hydrogens is 264 g/mol. The van der Waals surface area contributed by atoms with Crippen LogP contribution >= 0.6 is 0 Å². The van der Waals surface area contributed by atoms with E-state index in [1.54, 1.807) is 6.92 Å². The van der Waals surface area contributed by atoms with Gasteiger partial charge in [0.15, 0.2) is 5.78 Å². The Morgan fingerprint density at radius 3 is 2.76 bits per heavy atom. The van der Waals surface area contributed by atoms with Gasteiger partial charge in [-0.25, -0.2) is 0 Å². The summed E-state index contributed by atoms with van der Waals surface area (Å²) in [5.74, 6) is 0.167. The molecule has 1 fully saturated rings. The molecule has 4 heteroatoms. The first kappa shape index (κ1) is 14.3. The summed E-state index contributed by atoms with van der Waals surface area (Å²) in [6.07, 6.45) is 3.43. The maximum Gasteiger partial charge on any atom is 0.241 e. The third-order valence-electron chi connectivity index (χ3n) is 4.84. The van der Waals surface area contributed by atoms with Gasteiger partial charge in [-0.1, -0.05) is 24.3 Å². The lowest BCUT2D eigenvalue weighted by Gasteiger charge is -2.41. The number of ketones is 1. The van der Waals surface area contributed by atoms with Crippen molar-refractivity contribution in [1.29, 1.82) is 0 Å². The highest BCUT2D eigenvalue weighted by Crippen LogP contribution is 2.39. The minimum atomic E-state index is -0.266. The van der Waals surface area contributed by atoms with Crippen LogP contribution in [-0.4, -0.2) is 35.7 Å². The third-order valence-corrected chi connectivity index (χ3v) is 4.84. The Balaban J connectivity index is 2.10. The largest absolute Gasteiger partial charge is 0.324 e. The van der Waals surface area contributed by atoms with Gasteiger partial charge in [-0.2, -0.15) is 0 Å². The lowest BCUT2D eigenvalue weighted by Crippen LogP contribution is -2.54. The standard InChI is InChI=1S/C17H22N2O2/c1-11(20)15-8-5-9-16-13-7-4-3-6-12(13)10-14(18-2)17(21)19(15)16/h3-4,6-7,14-16,18H,5,8-10H2,1-2H3. The number of likely N-dealkylation sites (N-methyl/N-ethyl adjacent to an activating group) is 1. The second-order valence-corrected chi connectivity index (χ2v) is 6.06. The summed E-state index contributed by atoms with van der Waals surface area (Å²) in [5.41, 5.74) is 2.44. The van der Waals surface area contributed by atoms with E-state index in [1.165, 1.54) is 11.1 Å². The van der Waals surface area contributed by atoms with Crippen molar-refractivity contribution in [3.05, 3.63) is 35.4 Å². The van der Waals surface area contributed by atoms with Crippen molar-refractivity contribution >= 4 is 11.7 Å². The molecule has 0 aromatic heterocycles. The van der Waals surface area contributed by atoms with Crippen LogP contribution in [0.15, 0.2) is 24.3 Å². The number of Topliss-reactive ketones (excluding diaryl/α,β-unsaturated/α-hetero) is 1. The van der Waals surface area contributed by atoms with Crippen molar-refractivity contribution < 1.29 is 9.59 Å². The zero-order valence-electron chi connectivity index (χ0n) is 12.6. The number of piperidine rings is 1. The zero-order valence-corrected chi connectivity index (χ0v) is 12.6. The Kier molecular flexibility index (Phi) is 3.81. The van der Waals surface area contributed by atoms with Gasteiger partial charge in [0.05, 0.1) is 18.1 Å². The predicted octanol–water partition coefficient (Wildman–Crippen LogP) is 1.84. The monoisotopic (exact) mass is 286 g/mol. The summed E-state index contributed by atoms with van der Waals surface area (Å²) in [5, 5.41) is 3.12. The van der Waals surface area contributed by atoms with Crippen LogP contribution in [0.4, 0.5) is 0 Å². The molecule has 1 N–H and O–H groups in total. The summed E-state index contributed by atoms with van der Waals surface area (Å²) < 4.78 is 0. The second kappa shape index (κ2) is 5.60. The minimum Gasteiger partial charge on any atom is -0.324 e. The average molecular weight is 286 g/mol. The first-order valence-corrected chi connectivity index (χ1v) is 7.71. The quantitative estimate of drug-likeness (QED) is 0.902. The van der Waals surface area contributed by atoms with E-state index in [4.69, 9.17) is 0 Å². The van der Waals surface area contributed by atoms with E-state index < -0.39 is 0 Å². The van der Waals surface area contributed by atoms with Crippen LogP contribution in [0, 0.1) is 0 Å². The normalized spacial score (nSPS) is 28.6. The van der Waals surface area contributed by atoms with Crippen molar-refractivity contribution in [1.82, 2.24) is 10.2 Å². The molecule has 0 radical (unpaired) electrons. The molecule has 0 aliphatic carbocycles.